The summed E-state index contributed by atoms with van der Waals surface area (Å²) in [6.07, 6.45) is 0. The Balaban J connectivity index is 1.30. The van der Waals surface area contributed by atoms with Crippen LogP contribution in [-0.4, -0.2) is 9.97 Å². The molecule has 0 saturated heterocycles. The van der Waals surface area contributed by atoms with E-state index in [9.17, 15) is 0 Å². The molecule has 0 amide bonds. The maximum atomic E-state index is 5.98. The van der Waals surface area contributed by atoms with Crippen LogP contribution in [0.2, 0.25) is 5.02 Å². The average Bonchev–Trinajstić information content (AvgIpc) is 3.46. The van der Waals surface area contributed by atoms with Crippen molar-refractivity contribution in [1.82, 2.24) is 9.97 Å². The Labute approximate surface area is 187 Å². The number of thiazole rings is 2. The van der Waals surface area contributed by atoms with Crippen molar-refractivity contribution >= 4 is 45.1 Å². The minimum atomic E-state index is 0.731. The number of rotatable bonds is 5. The van der Waals surface area contributed by atoms with E-state index in [1.165, 1.54) is 0 Å². The van der Waals surface area contributed by atoms with Gasteiger partial charge in [0.05, 0.1) is 11.4 Å². The van der Waals surface area contributed by atoms with Crippen LogP contribution in [0.15, 0.2) is 89.6 Å². The zero-order valence-electron chi connectivity index (χ0n) is 15.7. The lowest BCUT2D eigenvalue weighted by Crippen LogP contribution is -1.89. The highest BCUT2D eigenvalue weighted by molar-refractivity contribution is 7.14. The smallest absolute Gasteiger partial charge is 0.187 e. The molecule has 0 aliphatic rings. The Morgan fingerprint density at radius 2 is 1.27 bits per heavy atom. The van der Waals surface area contributed by atoms with Crippen LogP contribution in [0.5, 0.6) is 0 Å². The molecule has 5 aromatic rings. The molecule has 0 fully saturated rings. The Bertz CT molecular complexity index is 1260. The summed E-state index contributed by atoms with van der Waals surface area (Å²) in [5.74, 6) is 0. The molecule has 2 heterocycles. The van der Waals surface area contributed by atoms with E-state index in [-0.39, 0.29) is 0 Å². The van der Waals surface area contributed by atoms with Crippen LogP contribution in [0.25, 0.3) is 33.1 Å². The zero-order chi connectivity index (χ0) is 20.3. The second kappa shape index (κ2) is 8.40. The van der Waals surface area contributed by atoms with Gasteiger partial charge in [0.15, 0.2) is 5.13 Å². The molecule has 0 saturated carbocycles. The summed E-state index contributed by atoms with van der Waals surface area (Å²) in [6.45, 7) is 0. The predicted octanol–water partition coefficient (Wildman–Crippen LogP) is 8.00. The predicted molar refractivity (Wildman–Crippen MR) is 129 cm³/mol. The molecular formula is C24H16ClN3S2. The fourth-order valence-electron chi connectivity index (χ4n) is 3.05. The molecule has 0 atom stereocenters. The molecule has 0 aliphatic heterocycles. The average molecular weight is 446 g/mol. The quantitative estimate of drug-likeness (QED) is 0.297. The van der Waals surface area contributed by atoms with Gasteiger partial charge in [-0.3, -0.25) is 0 Å². The van der Waals surface area contributed by atoms with Gasteiger partial charge in [0.25, 0.3) is 0 Å². The van der Waals surface area contributed by atoms with Gasteiger partial charge in [-0.2, -0.15) is 0 Å². The van der Waals surface area contributed by atoms with Gasteiger partial charge in [-0.15, -0.1) is 22.7 Å². The second-order valence-corrected chi connectivity index (χ2v) is 8.80. The van der Waals surface area contributed by atoms with E-state index in [4.69, 9.17) is 16.6 Å². The monoisotopic (exact) mass is 445 g/mol. The van der Waals surface area contributed by atoms with E-state index in [1.807, 2.05) is 42.5 Å². The van der Waals surface area contributed by atoms with Gasteiger partial charge in [-0.1, -0.05) is 66.2 Å². The first-order chi connectivity index (χ1) is 14.7. The molecule has 146 valence electrons. The maximum Gasteiger partial charge on any atom is 0.187 e. The number of hydrogen-bond donors (Lipinski definition) is 1. The van der Waals surface area contributed by atoms with Crippen LogP contribution in [0.4, 0.5) is 10.8 Å². The van der Waals surface area contributed by atoms with Crippen molar-refractivity contribution in [2.24, 2.45) is 0 Å². The summed E-state index contributed by atoms with van der Waals surface area (Å²) in [6, 6.07) is 26.2. The number of anilines is 2. The summed E-state index contributed by atoms with van der Waals surface area (Å²) < 4.78 is 0. The Hall–Kier alpha value is -2.99. The molecule has 30 heavy (non-hydrogen) atoms. The molecule has 3 aromatic carbocycles. The van der Waals surface area contributed by atoms with Gasteiger partial charge < -0.3 is 5.32 Å². The number of halogens is 1. The van der Waals surface area contributed by atoms with Gasteiger partial charge in [-0.25, -0.2) is 9.97 Å². The van der Waals surface area contributed by atoms with Crippen molar-refractivity contribution in [1.29, 1.82) is 0 Å². The Morgan fingerprint density at radius 3 is 2.03 bits per heavy atom. The summed E-state index contributed by atoms with van der Waals surface area (Å²) in [5, 5.41) is 10.1. The first-order valence-electron chi connectivity index (χ1n) is 9.34. The van der Waals surface area contributed by atoms with Crippen LogP contribution >= 0.6 is 34.3 Å². The molecule has 0 bridgehead atoms. The lowest BCUT2D eigenvalue weighted by Gasteiger charge is -2.04. The lowest BCUT2D eigenvalue weighted by molar-refractivity contribution is 1.38. The minimum Gasteiger partial charge on any atom is -0.332 e. The van der Waals surface area contributed by atoms with E-state index in [2.05, 4.69) is 57.5 Å². The molecule has 0 unspecified atom stereocenters. The molecule has 0 aliphatic carbocycles. The number of nitrogens with one attached hydrogen (secondary N) is 1. The topological polar surface area (TPSA) is 37.8 Å². The van der Waals surface area contributed by atoms with Crippen molar-refractivity contribution in [3.63, 3.8) is 0 Å². The van der Waals surface area contributed by atoms with E-state index in [0.717, 1.165) is 48.9 Å². The van der Waals surface area contributed by atoms with Crippen molar-refractivity contribution in [2.75, 3.05) is 5.32 Å². The summed E-state index contributed by atoms with van der Waals surface area (Å²) >= 11 is 9.21. The number of nitrogens with zero attached hydrogens (tertiary/aromatic N) is 2. The molecule has 0 spiro atoms. The summed E-state index contributed by atoms with van der Waals surface area (Å²) in [4.78, 5) is 9.46. The van der Waals surface area contributed by atoms with Gasteiger partial charge in [0.2, 0.25) is 0 Å². The van der Waals surface area contributed by atoms with E-state index in [1.54, 1.807) is 22.7 Å². The normalized spacial score (nSPS) is 10.8. The number of hydrogen-bond acceptors (Lipinski definition) is 5. The van der Waals surface area contributed by atoms with Gasteiger partial charge >= 0.3 is 0 Å². The van der Waals surface area contributed by atoms with Crippen molar-refractivity contribution in [3.8, 4) is 33.1 Å². The zero-order valence-corrected chi connectivity index (χ0v) is 18.1. The molecule has 6 heteroatoms. The standard InChI is InChI=1S/C24H16ClN3S2/c25-19-10-6-18(7-11-19)23-27-21(14-29-23)17-8-12-20(13-9-17)26-24-28-22(15-30-24)16-4-2-1-3-5-16/h1-15H,(H,26,28). The summed E-state index contributed by atoms with van der Waals surface area (Å²) in [5.41, 5.74) is 6.24. The minimum absolute atomic E-state index is 0.731. The first-order valence-corrected chi connectivity index (χ1v) is 11.5. The number of benzene rings is 3. The molecular weight excluding hydrogens is 430 g/mol. The van der Waals surface area contributed by atoms with Crippen LogP contribution in [0, 0.1) is 0 Å². The third-order valence-electron chi connectivity index (χ3n) is 4.60. The van der Waals surface area contributed by atoms with Crippen LogP contribution in [0.3, 0.4) is 0 Å². The van der Waals surface area contributed by atoms with E-state index >= 15 is 0 Å². The lowest BCUT2D eigenvalue weighted by atomic mass is 10.1. The molecule has 5 rings (SSSR count). The van der Waals surface area contributed by atoms with Gasteiger partial charge in [0, 0.05) is 38.2 Å². The molecule has 1 N–H and O–H groups in total. The third-order valence-corrected chi connectivity index (χ3v) is 6.50. The summed E-state index contributed by atoms with van der Waals surface area (Å²) in [7, 11) is 0. The fourth-order valence-corrected chi connectivity index (χ4v) is 4.75. The third kappa shape index (κ3) is 4.14. The van der Waals surface area contributed by atoms with E-state index < -0.39 is 0 Å². The molecule has 0 radical (unpaired) electrons. The van der Waals surface area contributed by atoms with Crippen molar-refractivity contribution < 1.29 is 0 Å². The van der Waals surface area contributed by atoms with Crippen molar-refractivity contribution in [2.45, 2.75) is 0 Å². The Morgan fingerprint density at radius 1 is 0.633 bits per heavy atom. The fraction of sp³-hybridized carbons (Fsp3) is 0. The van der Waals surface area contributed by atoms with Crippen LogP contribution in [-0.2, 0) is 0 Å². The Kier molecular flexibility index (Phi) is 5.32. The highest BCUT2D eigenvalue weighted by Gasteiger charge is 2.08. The first kappa shape index (κ1) is 19.0. The van der Waals surface area contributed by atoms with Crippen molar-refractivity contribution in [3.05, 3.63) is 94.6 Å². The highest BCUT2D eigenvalue weighted by atomic mass is 35.5. The second-order valence-electron chi connectivity index (χ2n) is 6.65. The largest absolute Gasteiger partial charge is 0.332 e. The van der Waals surface area contributed by atoms with Crippen LogP contribution in [0.1, 0.15) is 0 Å². The molecule has 3 nitrogen and oxygen atoms in total. The highest BCUT2D eigenvalue weighted by Crippen LogP contribution is 2.31. The van der Waals surface area contributed by atoms with Gasteiger partial charge in [0.1, 0.15) is 5.01 Å². The maximum absolute atomic E-state index is 5.98. The molecule has 2 aromatic heterocycles. The van der Waals surface area contributed by atoms with Crippen LogP contribution < -0.4 is 5.32 Å². The van der Waals surface area contributed by atoms with Gasteiger partial charge in [-0.05, 0) is 24.3 Å². The number of aromatic nitrogens is 2. The van der Waals surface area contributed by atoms with E-state index in [0.29, 0.717) is 0 Å². The SMILES string of the molecule is Clc1ccc(-c2nc(-c3ccc(Nc4nc(-c5ccccc5)cs4)cc3)cs2)cc1.